The van der Waals surface area contributed by atoms with Gasteiger partial charge in [-0.3, -0.25) is 0 Å². The van der Waals surface area contributed by atoms with Crippen molar-refractivity contribution in [1.29, 1.82) is 0 Å². The molecule has 4 rings (SSSR count). The lowest BCUT2D eigenvalue weighted by Gasteiger charge is -2.39. The normalized spacial score (nSPS) is 35.2. The summed E-state index contributed by atoms with van der Waals surface area (Å²) in [4.78, 5) is 8.28. The number of imidazole rings is 1. The third-order valence-corrected chi connectivity index (χ3v) is 4.75. The van der Waals surface area contributed by atoms with E-state index in [1.54, 1.807) is 30.1 Å². The van der Waals surface area contributed by atoms with Crippen molar-refractivity contribution in [2.75, 3.05) is 6.61 Å². The summed E-state index contributed by atoms with van der Waals surface area (Å²) in [6, 6.07) is -0.486. The molecule has 0 saturated carbocycles. The Hall–Kier alpha value is -1.32. The molecule has 0 aromatic carbocycles. The number of nitrogens with one attached hydrogen (secondary N) is 1. The molecule has 0 amide bonds. The Morgan fingerprint density at radius 3 is 3.19 bits per heavy atom. The first-order valence-electron chi connectivity index (χ1n) is 6.87. The minimum Gasteiger partial charge on any atom is -0.389 e. The van der Waals surface area contributed by atoms with Crippen LogP contribution in [-0.2, 0) is 16.0 Å². The molecular weight excluding hydrogens is 292 g/mol. The van der Waals surface area contributed by atoms with Crippen molar-refractivity contribution in [1.82, 2.24) is 19.9 Å². The van der Waals surface area contributed by atoms with Gasteiger partial charge in [0, 0.05) is 30.5 Å². The second kappa shape index (κ2) is 5.47. The SMILES string of the molecule is OC1C(NCc2nccs2)C2COC(O2)C1n1ccnc1. The summed E-state index contributed by atoms with van der Waals surface area (Å²) in [5.41, 5.74) is 0. The van der Waals surface area contributed by atoms with Crippen LogP contribution in [0.2, 0.25) is 0 Å². The van der Waals surface area contributed by atoms with Crippen LogP contribution in [0.25, 0.3) is 0 Å². The first-order valence-corrected chi connectivity index (χ1v) is 7.75. The minimum atomic E-state index is -0.606. The van der Waals surface area contributed by atoms with Gasteiger partial charge in [-0.05, 0) is 0 Å². The van der Waals surface area contributed by atoms with E-state index in [0.29, 0.717) is 13.2 Å². The van der Waals surface area contributed by atoms with Gasteiger partial charge < -0.3 is 24.5 Å². The Bertz CT molecular complexity index is 576. The summed E-state index contributed by atoms with van der Waals surface area (Å²) in [5.74, 6) is 0. The van der Waals surface area contributed by atoms with Gasteiger partial charge in [-0.1, -0.05) is 0 Å². The predicted octanol–water partition coefficient (Wildman–Crippen LogP) is 0.155. The zero-order valence-corrected chi connectivity index (χ0v) is 12.0. The molecule has 4 heterocycles. The number of aliphatic hydroxyl groups excluding tert-OH is 1. The van der Waals surface area contributed by atoms with Crippen LogP contribution in [0.1, 0.15) is 11.0 Å². The van der Waals surface area contributed by atoms with Gasteiger partial charge in [0.25, 0.3) is 0 Å². The van der Waals surface area contributed by atoms with Crippen molar-refractivity contribution in [2.24, 2.45) is 0 Å². The molecule has 2 aliphatic rings. The van der Waals surface area contributed by atoms with Crippen LogP contribution in [0.15, 0.2) is 30.3 Å². The van der Waals surface area contributed by atoms with Gasteiger partial charge in [-0.15, -0.1) is 11.3 Å². The summed E-state index contributed by atoms with van der Waals surface area (Å²) in [6.45, 7) is 1.10. The molecule has 112 valence electrons. The van der Waals surface area contributed by atoms with Gasteiger partial charge >= 0.3 is 0 Å². The molecule has 2 saturated heterocycles. The molecule has 21 heavy (non-hydrogen) atoms. The van der Waals surface area contributed by atoms with Crippen LogP contribution in [0.5, 0.6) is 0 Å². The Morgan fingerprint density at radius 1 is 1.48 bits per heavy atom. The molecule has 2 aliphatic heterocycles. The first kappa shape index (κ1) is 13.4. The first-order chi connectivity index (χ1) is 10.3. The Labute approximate surface area is 125 Å². The fraction of sp³-hybridized carbons (Fsp3) is 0.538. The molecule has 7 nitrogen and oxygen atoms in total. The minimum absolute atomic E-state index is 0.135. The summed E-state index contributed by atoms with van der Waals surface area (Å²) in [5, 5.41) is 17.0. The van der Waals surface area contributed by atoms with Crippen LogP contribution in [0.3, 0.4) is 0 Å². The Morgan fingerprint density at radius 2 is 2.43 bits per heavy atom. The van der Waals surface area contributed by atoms with E-state index in [9.17, 15) is 5.11 Å². The smallest absolute Gasteiger partial charge is 0.181 e. The molecule has 5 unspecified atom stereocenters. The van der Waals surface area contributed by atoms with Gasteiger partial charge in [0.1, 0.15) is 17.2 Å². The Kier molecular flexibility index (Phi) is 3.48. The zero-order valence-electron chi connectivity index (χ0n) is 11.2. The summed E-state index contributed by atoms with van der Waals surface area (Å²) >= 11 is 1.59. The number of hydrogen-bond donors (Lipinski definition) is 2. The second-order valence-corrected chi connectivity index (χ2v) is 6.18. The number of aliphatic hydroxyl groups is 1. The van der Waals surface area contributed by atoms with E-state index < -0.39 is 12.4 Å². The fourth-order valence-corrected chi connectivity index (χ4v) is 3.53. The maximum Gasteiger partial charge on any atom is 0.181 e. The summed E-state index contributed by atoms with van der Waals surface area (Å²) in [7, 11) is 0. The molecule has 2 aromatic heterocycles. The summed E-state index contributed by atoms with van der Waals surface area (Å²) < 4.78 is 13.4. The average Bonchev–Trinajstić information content (AvgIpc) is 3.20. The average molecular weight is 308 g/mol. The quantitative estimate of drug-likeness (QED) is 0.837. The van der Waals surface area contributed by atoms with E-state index >= 15 is 0 Å². The van der Waals surface area contributed by atoms with Crippen molar-refractivity contribution >= 4 is 11.3 Å². The predicted molar refractivity (Wildman–Crippen MR) is 74.6 cm³/mol. The molecule has 0 radical (unpaired) electrons. The van der Waals surface area contributed by atoms with Crippen LogP contribution in [-0.4, -0.2) is 50.8 Å². The fourth-order valence-electron chi connectivity index (χ4n) is 2.96. The van der Waals surface area contributed by atoms with Crippen LogP contribution in [0.4, 0.5) is 0 Å². The van der Waals surface area contributed by atoms with Crippen molar-refractivity contribution in [2.45, 2.75) is 37.1 Å². The topological polar surface area (TPSA) is 81.4 Å². The molecular formula is C13H16N4O3S. The third-order valence-electron chi connectivity index (χ3n) is 3.97. The largest absolute Gasteiger partial charge is 0.389 e. The molecule has 8 heteroatoms. The highest BCUT2D eigenvalue weighted by molar-refractivity contribution is 7.09. The lowest BCUT2D eigenvalue weighted by Crippen LogP contribution is -2.57. The van der Waals surface area contributed by atoms with Crippen LogP contribution >= 0.6 is 11.3 Å². The molecule has 2 fully saturated rings. The van der Waals surface area contributed by atoms with Gasteiger partial charge in [-0.2, -0.15) is 0 Å². The van der Waals surface area contributed by atoms with Crippen LogP contribution < -0.4 is 5.32 Å². The zero-order chi connectivity index (χ0) is 14.2. The van der Waals surface area contributed by atoms with Gasteiger partial charge in [0.15, 0.2) is 6.29 Å². The Balaban J connectivity index is 1.53. The van der Waals surface area contributed by atoms with Gasteiger partial charge in [0.2, 0.25) is 0 Å². The highest BCUT2D eigenvalue weighted by Crippen LogP contribution is 2.35. The lowest BCUT2D eigenvalue weighted by atomic mass is 9.96. The molecule has 5 atom stereocenters. The van der Waals surface area contributed by atoms with E-state index in [2.05, 4.69) is 15.3 Å². The number of hydrogen-bond acceptors (Lipinski definition) is 7. The monoisotopic (exact) mass is 308 g/mol. The van der Waals surface area contributed by atoms with Crippen LogP contribution in [0, 0.1) is 0 Å². The van der Waals surface area contributed by atoms with Crippen molar-refractivity contribution in [3.63, 3.8) is 0 Å². The van der Waals surface area contributed by atoms with Gasteiger partial charge in [0.05, 0.1) is 25.1 Å². The number of rotatable bonds is 4. The standard InChI is InChI=1S/C13H16N4O3S/c18-12-10(16-5-9-15-2-4-21-9)8-6-19-13(20-8)11(12)17-3-1-14-7-17/h1-4,7-8,10-13,16,18H,5-6H2. The number of ether oxygens (including phenoxy) is 2. The number of aromatic nitrogens is 3. The molecule has 0 aliphatic carbocycles. The van der Waals surface area contributed by atoms with Crippen molar-refractivity contribution in [3.05, 3.63) is 35.3 Å². The highest BCUT2D eigenvalue weighted by Gasteiger charge is 2.50. The maximum absolute atomic E-state index is 10.7. The third kappa shape index (κ3) is 2.39. The second-order valence-electron chi connectivity index (χ2n) is 5.20. The highest BCUT2D eigenvalue weighted by atomic mass is 32.1. The number of thiazole rings is 1. The van der Waals surface area contributed by atoms with Crippen molar-refractivity contribution in [3.8, 4) is 0 Å². The van der Waals surface area contributed by atoms with E-state index in [1.165, 1.54) is 0 Å². The lowest BCUT2D eigenvalue weighted by molar-refractivity contribution is -0.165. The number of nitrogens with zero attached hydrogens (tertiary/aromatic N) is 3. The van der Waals surface area contributed by atoms with Crippen molar-refractivity contribution < 1.29 is 14.6 Å². The molecule has 2 aromatic rings. The van der Waals surface area contributed by atoms with E-state index in [4.69, 9.17) is 9.47 Å². The molecule has 2 N–H and O–H groups in total. The van der Waals surface area contributed by atoms with Gasteiger partial charge in [-0.25, -0.2) is 9.97 Å². The summed E-state index contributed by atoms with van der Waals surface area (Å²) in [6.07, 6.45) is 5.80. The molecule has 0 spiro atoms. The number of fused-ring (bicyclic) bond motifs is 2. The van der Waals surface area contributed by atoms with E-state index in [0.717, 1.165) is 5.01 Å². The van der Waals surface area contributed by atoms with E-state index in [1.807, 2.05) is 16.1 Å². The maximum atomic E-state index is 10.7. The molecule has 2 bridgehead atoms. The van der Waals surface area contributed by atoms with E-state index in [-0.39, 0.29) is 18.2 Å².